The minimum absolute atomic E-state index is 0.0101. The number of likely N-dealkylation sites (tertiary alicyclic amines) is 1. The second kappa shape index (κ2) is 7.37. The van der Waals surface area contributed by atoms with Crippen LogP contribution in [0.3, 0.4) is 0 Å². The molecule has 1 aliphatic rings. The zero-order valence-corrected chi connectivity index (χ0v) is 9.42. The first-order valence-corrected chi connectivity index (χ1v) is 5.38. The van der Waals surface area contributed by atoms with Gasteiger partial charge in [-0.25, -0.2) is 0 Å². The summed E-state index contributed by atoms with van der Waals surface area (Å²) in [5.41, 5.74) is 0. The predicted molar refractivity (Wildman–Crippen MR) is 56.6 cm³/mol. The van der Waals surface area contributed by atoms with Gasteiger partial charge in [0.25, 0.3) is 0 Å². The van der Waals surface area contributed by atoms with Crippen molar-refractivity contribution in [2.75, 3.05) is 13.1 Å². The molecule has 1 heterocycles. The first kappa shape index (κ1) is 13.0. The van der Waals surface area contributed by atoms with Crippen LogP contribution >= 0.6 is 0 Å². The number of piperidine rings is 1. The van der Waals surface area contributed by atoms with Crippen LogP contribution in [0.1, 0.15) is 40.0 Å². The third kappa shape index (κ3) is 4.27. The van der Waals surface area contributed by atoms with E-state index in [1.807, 2.05) is 19.9 Å². The molecular formula is C11H20N2O. The molecule has 3 heteroatoms. The summed E-state index contributed by atoms with van der Waals surface area (Å²) in [6.07, 6.45) is 2.32. The summed E-state index contributed by atoms with van der Waals surface area (Å²) >= 11 is 0. The predicted octanol–water partition coefficient (Wildman–Crippen LogP) is 2.18. The molecule has 0 aromatic rings. The fourth-order valence-electron chi connectivity index (χ4n) is 1.60. The van der Waals surface area contributed by atoms with Crippen LogP contribution in [-0.2, 0) is 4.79 Å². The van der Waals surface area contributed by atoms with E-state index in [1.165, 1.54) is 6.42 Å². The highest BCUT2D eigenvalue weighted by Gasteiger charge is 2.19. The van der Waals surface area contributed by atoms with Crippen LogP contribution in [0, 0.1) is 17.2 Å². The van der Waals surface area contributed by atoms with Crippen molar-refractivity contribution in [2.45, 2.75) is 40.0 Å². The second-order valence-electron chi connectivity index (χ2n) is 3.42. The minimum Gasteiger partial charge on any atom is -0.342 e. The van der Waals surface area contributed by atoms with E-state index in [4.69, 9.17) is 5.26 Å². The van der Waals surface area contributed by atoms with E-state index in [0.717, 1.165) is 19.5 Å². The quantitative estimate of drug-likeness (QED) is 0.645. The number of nitriles is 1. The third-order valence-corrected chi connectivity index (χ3v) is 2.24. The Bertz CT molecular complexity index is 208. The van der Waals surface area contributed by atoms with Crippen LogP contribution in [0.25, 0.3) is 0 Å². The van der Waals surface area contributed by atoms with Crippen molar-refractivity contribution in [1.29, 1.82) is 5.26 Å². The van der Waals surface area contributed by atoms with Crippen molar-refractivity contribution in [2.24, 2.45) is 5.92 Å². The van der Waals surface area contributed by atoms with E-state index in [2.05, 4.69) is 6.92 Å². The molecule has 0 radical (unpaired) electrons. The molecular weight excluding hydrogens is 176 g/mol. The number of amides is 1. The van der Waals surface area contributed by atoms with Crippen LogP contribution < -0.4 is 0 Å². The second-order valence-corrected chi connectivity index (χ2v) is 3.42. The van der Waals surface area contributed by atoms with Gasteiger partial charge in [-0.05, 0) is 18.8 Å². The number of hydrogen-bond acceptors (Lipinski definition) is 2. The molecule has 0 unspecified atom stereocenters. The highest BCUT2D eigenvalue weighted by molar-refractivity contribution is 5.78. The SMILES string of the molecule is CC.C[C@@H]1CCCN(C(=O)CC#N)C1. The van der Waals surface area contributed by atoms with Crippen molar-refractivity contribution in [3.8, 4) is 6.07 Å². The van der Waals surface area contributed by atoms with Crippen molar-refractivity contribution < 1.29 is 4.79 Å². The summed E-state index contributed by atoms with van der Waals surface area (Å²) in [5.74, 6) is 0.588. The molecule has 1 fully saturated rings. The fraction of sp³-hybridized carbons (Fsp3) is 0.818. The molecule has 1 saturated heterocycles. The Labute approximate surface area is 86.7 Å². The zero-order valence-electron chi connectivity index (χ0n) is 9.42. The van der Waals surface area contributed by atoms with Gasteiger partial charge in [0.1, 0.15) is 6.42 Å². The van der Waals surface area contributed by atoms with E-state index in [9.17, 15) is 4.79 Å². The Morgan fingerprint density at radius 3 is 2.71 bits per heavy atom. The number of carbonyl (C=O) groups excluding carboxylic acids is 1. The molecule has 0 spiro atoms. The fourth-order valence-corrected chi connectivity index (χ4v) is 1.60. The summed E-state index contributed by atoms with van der Waals surface area (Å²) < 4.78 is 0. The minimum atomic E-state index is -0.0101. The lowest BCUT2D eigenvalue weighted by atomic mass is 10.0. The van der Waals surface area contributed by atoms with E-state index in [1.54, 1.807) is 4.90 Å². The molecule has 1 aliphatic heterocycles. The molecule has 1 rings (SSSR count). The highest BCUT2D eigenvalue weighted by Crippen LogP contribution is 2.15. The summed E-state index contributed by atoms with van der Waals surface area (Å²) in [7, 11) is 0. The first-order chi connectivity index (χ1) is 6.74. The van der Waals surface area contributed by atoms with E-state index < -0.39 is 0 Å². The van der Waals surface area contributed by atoms with Gasteiger partial charge in [0, 0.05) is 13.1 Å². The summed E-state index contributed by atoms with van der Waals surface area (Å²) in [6.45, 7) is 7.82. The topological polar surface area (TPSA) is 44.1 Å². The smallest absolute Gasteiger partial charge is 0.236 e. The highest BCUT2D eigenvalue weighted by atomic mass is 16.2. The van der Waals surface area contributed by atoms with E-state index >= 15 is 0 Å². The maximum atomic E-state index is 11.2. The van der Waals surface area contributed by atoms with Gasteiger partial charge in [0.05, 0.1) is 6.07 Å². The lowest BCUT2D eigenvalue weighted by Crippen LogP contribution is -2.38. The number of carbonyl (C=O) groups is 1. The monoisotopic (exact) mass is 196 g/mol. The van der Waals surface area contributed by atoms with Crippen LogP contribution in [0.2, 0.25) is 0 Å². The van der Waals surface area contributed by atoms with Gasteiger partial charge in [0.2, 0.25) is 5.91 Å². The van der Waals surface area contributed by atoms with Crippen molar-refractivity contribution in [3.05, 3.63) is 0 Å². The summed E-state index contributed by atoms with van der Waals surface area (Å²) in [6, 6.07) is 1.89. The van der Waals surface area contributed by atoms with Gasteiger partial charge in [-0.15, -0.1) is 0 Å². The normalized spacial score (nSPS) is 20.4. The molecule has 0 aromatic carbocycles. The number of rotatable bonds is 1. The summed E-state index contributed by atoms with van der Waals surface area (Å²) in [4.78, 5) is 13.1. The molecule has 14 heavy (non-hydrogen) atoms. The average molecular weight is 196 g/mol. The van der Waals surface area contributed by atoms with E-state index in [0.29, 0.717) is 5.92 Å². The van der Waals surface area contributed by atoms with Gasteiger partial charge in [0.15, 0.2) is 0 Å². The van der Waals surface area contributed by atoms with Gasteiger partial charge < -0.3 is 4.90 Å². The molecule has 80 valence electrons. The van der Waals surface area contributed by atoms with Gasteiger partial charge >= 0.3 is 0 Å². The molecule has 1 atom stereocenters. The lowest BCUT2D eigenvalue weighted by molar-refractivity contribution is -0.131. The number of hydrogen-bond donors (Lipinski definition) is 0. The maximum absolute atomic E-state index is 11.2. The van der Waals surface area contributed by atoms with Gasteiger partial charge in [-0.2, -0.15) is 5.26 Å². The average Bonchev–Trinajstić information content (AvgIpc) is 2.21. The van der Waals surface area contributed by atoms with Crippen molar-refractivity contribution in [1.82, 2.24) is 4.90 Å². The molecule has 0 aromatic heterocycles. The standard InChI is InChI=1S/C9H14N2O.C2H6/c1-8-3-2-6-11(7-8)9(12)4-5-10;1-2/h8H,2-4,6-7H2,1H3;1-2H3/t8-;/m1./s1. The Kier molecular flexibility index (Phi) is 6.82. The van der Waals surface area contributed by atoms with Crippen molar-refractivity contribution >= 4 is 5.91 Å². The molecule has 0 bridgehead atoms. The number of nitrogens with zero attached hydrogens (tertiary/aromatic N) is 2. The van der Waals surface area contributed by atoms with Crippen LogP contribution in [0.5, 0.6) is 0 Å². The Morgan fingerprint density at radius 2 is 2.21 bits per heavy atom. The Hall–Kier alpha value is -1.04. The van der Waals surface area contributed by atoms with Crippen LogP contribution in [-0.4, -0.2) is 23.9 Å². The Balaban J connectivity index is 0.000000791. The molecule has 0 aliphatic carbocycles. The zero-order chi connectivity index (χ0) is 11.0. The Morgan fingerprint density at radius 1 is 1.57 bits per heavy atom. The third-order valence-electron chi connectivity index (χ3n) is 2.24. The van der Waals surface area contributed by atoms with Crippen molar-refractivity contribution in [3.63, 3.8) is 0 Å². The molecule has 3 nitrogen and oxygen atoms in total. The van der Waals surface area contributed by atoms with Crippen LogP contribution in [0.4, 0.5) is 0 Å². The summed E-state index contributed by atoms with van der Waals surface area (Å²) in [5, 5.41) is 8.34. The van der Waals surface area contributed by atoms with E-state index in [-0.39, 0.29) is 12.3 Å². The van der Waals surface area contributed by atoms with Gasteiger partial charge in [-0.1, -0.05) is 20.8 Å². The molecule has 0 saturated carbocycles. The largest absolute Gasteiger partial charge is 0.342 e. The lowest BCUT2D eigenvalue weighted by Gasteiger charge is -2.30. The van der Waals surface area contributed by atoms with Gasteiger partial charge in [-0.3, -0.25) is 4.79 Å². The molecule has 0 N–H and O–H groups in total. The first-order valence-electron chi connectivity index (χ1n) is 5.38. The maximum Gasteiger partial charge on any atom is 0.236 e. The van der Waals surface area contributed by atoms with Crippen LogP contribution in [0.15, 0.2) is 0 Å². The molecule has 1 amide bonds.